The van der Waals surface area contributed by atoms with Gasteiger partial charge in [0.2, 0.25) is 6.29 Å². The van der Waals surface area contributed by atoms with Gasteiger partial charge in [-0.1, -0.05) is 34.6 Å². The lowest BCUT2D eigenvalue weighted by atomic mass is 9.44. The normalized spacial score (nSPS) is 44.2. The third-order valence-electron chi connectivity index (χ3n) is 13.9. The fourth-order valence-electron chi connectivity index (χ4n) is 11.3. The van der Waals surface area contributed by atoms with Crippen LogP contribution in [0.3, 0.4) is 0 Å². The van der Waals surface area contributed by atoms with Gasteiger partial charge < -0.3 is 14.6 Å². The molecule has 0 spiro atoms. The van der Waals surface area contributed by atoms with Gasteiger partial charge in [0.15, 0.2) is 0 Å². The Morgan fingerprint density at radius 3 is 2.36 bits per heavy atom. The van der Waals surface area contributed by atoms with Crippen molar-refractivity contribution < 1.29 is 38.6 Å². The van der Waals surface area contributed by atoms with E-state index in [9.17, 15) is 29.1 Å². The van der Waals surface area contributed by atoms with E-state index >= 15 is 0 Å². The lowest BCUT2D eigenvalue weighted by Crippen LogP contribution is -2.60. The van der Waals surface area contributed by atoms with E-state index in [-0.39, 0.29) is 100 Å². The van der Waals surface area contributed by atoms with Crippen molar-refractivity contribution in [2.45, 2.75) is 124 Å². The Bertz CT molecular complexity index is 1210. The third-order valence-corrected chi connectivity index (χ3v) is 13.9. The summed E-state index contributed by atoms with van der Waals surface area (Å²) in [4.78, 5) is 64.6. The van der Waals surface area contributed by atoms with E-state index in [4.69, 9.17) is 9.47 Å². The lowest BCUT2D eigenvalue weighted by molar-refractivity contribution is -0.208. The first-order chi connectivity index (χ1) is 20.7. The van der Waals surface area contributed by atoms with Gasteiger partial charge in [-0.3, -0.25) is 24.0 Å². The van der Waals surface area contributed by atoms with Gasteiger partial charge in [0.05, 0.1) is 12.0 Å². The van der Waals surface area contributed by atoms with E-state index in [1.165, 1.54) is 0 Å². The fourth-order valence-corrected chi connectivity index (χ4v) is 11.3. The number of esters is 1. The monoisotopic (exact) mass is 612 g/mol. The first-order valence-electron chi connectivity index (χ1n) is 17.4. The van der Waals surface area contributed by atoms with Crippen LogP contribution in [0.25, 0.3) is 0 Å². The van der Waals surface area contributed by atoms with E-state index in [0.717, 1.165) is 25.7 Å². The number of hydrogen-bond donors (Lipinski definition) is 1. The Hall–Kier alpha value is -2.09. The minimum atomic E-state index is -0.718. The summed E-state index contributed by atoms with van der Waals surface area (Å²) in [5.74, 6) is 0.105. The number of rotatable bonds is 9. The van der Waals surface area contributed by atoms with Gasteiger partial charge in [-0.25, -0.2) is 0 Å². The van der Waals surface area contributed by atoms with Crippen LogP contribution >= 0.6 is 0 Å². The highest BCUT2D eigenvalue weighted by Gasteiger charge is 2.66. The first kappa shape index (κ1) is 31.9. The average molecular weight is 613 g/mol. The maximum Gasteiger partial charge on any atom is 0.308 e. The predicted octanol–water partition coefficient (Wildman–Crippen LogP) is 6.03. The Morgan fingerprint density at radius 1 is 0.955 bits per heavy atom. The number of aliphatic carboxylic acids is 1. The van der Waals surface area contributed by atoms with Gasteiger partial charge in [-0.2, -0.15) is 0 Å². The molecule has 6 rings (SSSR count). The zero-order valence-corrected chi connectivity index (χ0v) is 27.2. The highest BCUT2D eigenvalue weighted by atomic mass is 16.7. The molecule has 0 amide bonds. The molecule has 0 aromatic carbocycles. The van der Waals surface area contributed by atoms with Crippen molar-refractivity contribution in [3.63, 3.8) is 0 Å². The minimum absolute atomic E-state index is 0.0233. The fraction of sp³-hybridized carbons (Fsp3) is 0.861. The van der Waals surface area contributed by atoms with E-state index in [0.29, 0.717) is 44.9 Å². The van der Waals surface area contributed by atoms with Crippen molar-refractivity contribution in [3.8, 4) is 0 Å². The summed E-state index contributed by atoms with van der Waals surface area (Å²) in [5.41, 5.74) is -0.686. The lowest BCUT2D eigenvalue weighted by Gasteiger charge is -2.58. The van der Waals surface area contributed by atoms with Crippen LogP contribution in [-0.2, 0) is 33.4 Å². The van der Waals surface area contributed by atoms with Crippen molar-refractivity contribution in [1.82, 2.24) is 0 Å². The van der Waals surface area contributed by atoms with Crippen LogP contribution in [0.2, 0.25) is 0 Å². The molecule has 8 nitrogen and oxygen atoms in total. The molecule has 0 aromatic rings. The average Bonchev–Trinajstić information content (AvgIpc) is 3.66. The second-order valence-corrected chi connectivity index (χ2v) is 16.4. The van der Waals surface area contributed by atoms with Gasteiger partial charge in [-0.15, -0.1) is 0 Å². The van der Waals surface area contributed by atoms with Crippen LogP contribution in [0.4, 0.5) is 0 Å². The molecule has 2 bridgehead atoms. The molecule has 6 fully saturated rings. The molecule has 0 heterocycles. The van der Waals surface area contributed by atoms with E-state index in [1.54, 1.807) is 0 Å². The highest BCUT2D eigenvalue weighted by Crippen LogP contribution is 2.66. The Labute approximate surface area is 261 Å². The summed E-state index contributed by atoms with van der Waals surface area (Å²) in [6.45, 7) is 10.4. The van der Waals surface area contributed by atoms with E-state index < -0.39 is 17.7 Å². The summed E-state index contributed by atoms with van der Waals surface area (Å²) in [6.07, 6.45) is 6.81. The molecule has 6 saturated carbocycles. The molecule has 0 aliphatic heterocycles. The molecular weight excluding hydrogens is 560 g/mol. The molecule has 13 atom stereocenters. The van der Waals surface area contributed by atoms with Crippen molar-refractivity contribution in [2.24, 2.45) is 70.0 Å². The van der Waals surface area contributed by atoms with Gasteiger partial charge in [0.1, 0.15) is 17.3 Å². The summed E-state index contributed by atoms with van der Waals surface area (Å²) < 4.78 is 12.2. The summed E-state index contributed by atoms with van der Waals surface area (Å²) in [6, 6.07) is 0. The minimum Gasteiger partial charge on any atom is -0.481 e. The molecule has 0 aromatic heterocycles. The SMILES string of the molecule is CC(C)C(OC(=O)CCC(C)C1CCC2C3C(=O)CC4CC(=O)CCC4(C)C3CC(=O)C12C)OC1CC2CC1CC2C(=O)O. The molecule has 13 unspecified atom stereocenters. The Morgan fingerprint density at radius 2 is 1.70 bits per heavy atom. The molecule has 6 aliphatic rings. The smallest absolute Gasteiger partial charge is 0.308 e. The number of Topliss-reactive ketones (excluding diaryl/α,β-unsaturated/α-hetero) is 3. The molecule has 244 valence electrons. The molecule has 8 heteroatoms. The van der Waals surface area contributed by atoms with Gasteiger partial charge in [0.25, 0.3) is 0 Å². The number of ketones is 3. The van der Waals surface area contributed by atoms with Gasteiger partial charge in [-0.05, 0) is 91.8 Å². The number of carbonyl (C=O) groups is 5. The maximum absolute atomic E-state index is 14.1. The number of fused-ring (bicyclic) bond motifs is 7. The largest absolute Gasteiger partial charge is 0.481 e. The number of carboxylic acids is 1. The Kier molecular flexibility index (Phi) is 8.41. The molecular formula is C36H52O8. The molecule has 0 saturated heterocycles. The molecule has 0 radical (unpaired) electrons. The number of ether oxygens (including phenoxy) is 2. The second-order valence-electron chi connectivity index (χ2n) is 16.4. The molecule has 1 N–H and O–H groups in total. The third kappa shape index (κ3) is 5.19. The van der Waals surface area contributed by atoms with Crippen LogP contribution in [0.1, 0.15) is 112 Å². The van der Waals surface area contributed by atoms with E-state index in [2.05, 4.69) is 20.8 Å². The quantitative estimate of drug-likeness (QED) is 0.247. The summed E-state index contributed by atoms with van der Waals surface area (Å²) >= 11 is 0. The predicted molar refractivity (Wildman–Crippen MR) is 161 cm³/mol. The van der Waals surface area contributed by atoms with Crippen LogP contribution in [0, 0.1) is 70.0 Å². The first-order valence-corrected chi connectivity index (χ1v) is 17.4. The standard InChI is InChI=1S/C36H52O8/c1-18(2)34(43-29-14-20-12-21(29)13-24(20)33(41)42)44-31(40)9-6-19(3)25-7-8-26-32-27(17-30(39)36(25,26)5)35(4)11-10-23(37)15-22(35)16-28(32)38/h18-22,24-27,29,32,34H,6-17H2,1-5H3,(H,41,42). The van der Waals surface area contributed by atoms with Crippen LogP contribution in [-0.4, -0.2) is 46.8 Å². The molecule has 6 aliphatic carbocycles. The zero-order valence-electron chi connectivity index (χ0n) is 27.2. The van der Waals surface area contributed by atoms with Crippen LogP contribution in [0.5, 0.6) is 0 Å². The number of carboxylic acid groups (broad SMARTS) is 1. The van der Waals surface area contributed by atoms with Crippen molar-refractivity contribution in [3.05, 3.63) is 0 Å². The van der Waals surface area contributed by atoms with Gasteiger partial charge in [0, 0.05) is 49.4 Å². The summed E-state index contributed by atoms with van der Waals surface area (Å²) in [5, 5.41) is 9.46. The Balaban J connectivity index is 1.06. The molecule has 44 heavy (non-hydrogen) atoms. The maximum atomic E-state index is 14.1. The second kappa shape index (κ2) is 11.6. The van der Waals surface area contributed by atoms with Crippen molar-refractivity contribution in [2.75, 3.05) is 0 Å². The van der Waals surface area contributed by atoms with Gasteiger partial charge >= 0.3 is 11.9 Å². The topological polar surface area (TPSA) is 124 Å². The van der Waals surface area contributed by atoms with Crippen LogP contribution < -0.4 is 0 Å². The van der Waals surface area contributed by atoms with Crippen LogP contribution in [0.15, 0.2) is 0 Å². The van der Waals surface area contributed by atoms with Crippen molar-refractivity contribution >= 4 is 29.3 Å². The number of carbonyl (C=O) groups excluding carboxylic acids is 4. The zero-order chi connectivity index (χ0) is 31.7. The summed E-state index contributed by atoms with van der Waals surface area (Å²) in [7, 11) is 0. The van der Waals surface area contributed by atoms with E-state index in [1.807, 2.05) is 13.8 Å². The number of hydrogen-bond acceptors (Lipinski definition) is 7. The van der Waals surface area contributed by atoms with Crippen molar-refractivity contribution in [1.29, 1.82) is 0 Å². The highest BCUT2D eigenvalue weighted by molar-refractivity contribution is 5.93.